The van der Waals surface area contributed by atoms with Crippen LogP contribution in [0.4, 0.5) is 0 Å². The zero-order chi connectivity index (χ0) is 7.94. The second kappa shape index (κ2) is 1.95. The Hall–Kier alpha value is -0.570. The third-order valence-electron chi connectivity index (χ3n) is 2.58. The summed E-state index contributed by atoms with van der Waals surface area (Å²) < 4.78 is 5.40. The molecule has 3 heteroatoms. The molecule has 1 aliphatic rings. The molecule has 10 heavy (non-hydrogen) atoms. The van der Waals surface area contributed by atoms with Crippen molar-refractivity contribution >= 4 is 5.97 Å². The van der Waals surface area contributed by atoms with Crippen molar-refractivity contribution in [1.82, 2.24) is 0 Å². The molecular weight excluding hydrogens is 130 g/mol. The number of quaternary nitrogens is 1. The lowest BCUT2D eigenvalue weighted by Crippen LogP contribution is -2.23. The first-order valence-electron chi connectivity index (χ1n) is 3.43. The van der Waals surface area contributed by atoms with E-state index < -0.39 is 0 Å². The van der Waals surface area contributed by atoms with Gasteiger partial charge in [0, 0.05) is 0 Å². The highest BCUT2D eigenvalue weighted by Crippen LogP contribution is 2.34. The van der Waals surface area contributed by atoms with Crippen LogP contribution in [0, 0.1) is 0 Å². The van der Waals surface area contributed by atoms with Crippen molar-refractivity contribution < 1.29 is 14.0 Å². The number of esters is 1. The molecule has 0 aliphatic carbocycles. The number of hydrogen-bond acceptors (Lipinski definition) is 2. The summed E-state index contributed by atoms with van der Waals surface area (Å²) in [6, 6.07) is 0.498. The van der Waals surface area contributed by atoms with Gasteiger partial charge in [-0.2, -0.15) is 0 Å². The zero-order valence-corrected chi connectivity index (χ0v) is 6.92. The van der Waals surface area contributed by atoms with E-state index in [-0.39, 0.29) is 12.0 Å². The zero-order valence-electron chi connectivity index (χ0n) is 6.92. The van der Waals surface area contributed by atoms with Gasteiger partial charge in [-0.3, -0.25) is 0 Å². The Bertz CT molecular complexity index is 165. The summed E-state index contributed by atoms with van der Waals surface area (Å²) in [5, 5.41) is 0. The van der Waals surface area contributed by atoms with Crippen molar-refractivity contribution in [1.29, 1.82) is 0 Å². The van der Waals surface area contributed by atoms with E-state index >= 15 is 0 Å². The van der Waals surface area contributed by atoms with Gasteiger partial charge in [-0.05, 0) is 6.92 Å². The summed E-state index contributed by atoms with van der Waals surface area (Å²) in [6.07, 6.45) is 0. The van der Waals surface area contributed by atoms with E-state index in [1.807, 2.05) is 14.1 Å². The molecular formula is C7H14NO2+. The molecule has 2 atom stereocenters. The Labute approximate surface area is 61.2 Å². The van der Waals surface area contributed by atoms with E-state index in [1.165, 1.54) is 7.11 Å². The van der Waals surface area contributed by atoms with Gasteiger partial charge in [0.25, 0.3) is 0 Å². The molecule has 0 saturated carbocycles. The Morgan fingerprint density at radius 1 is 1.50 bits per heavy atom. The van der Waals surface area contributed by atoms with Crippen LogP contribution in [0.15, 0.2) is 0 Å². The minimum Gasteiger partial charge on any atom is -0.464 e. The molecule has 3 nitrogen and oxygen atoms in total. The normalized spacial score (nSPS) is 35.2. The van der Waals surface area contributed by atoms with E-state index in [1.54, 1.807) is 0 Å². The number of methoxy groups -OCH3 is 1. The van der Waals surface area contributed by atoms with E-state index in [0.717, 1.165) is 4.48 Å². The molecule has 58 valence electrons. The van der Waals surface area contributed by atoms with Crippen LogP contribution in [0.25, 0.3) is 0 Å². The molecule has 0 aromatic heterocycles. The quantitative estimate of drug-likeness (QED) is 0.294. The second-order valence-electron chi connectivity index (χ2n) is 3.34. The van der Waals surface area contributed by atoms with Crippen molar-refractivity contribution in [2.24, 2.45) is 0 Å². The highest BCUT2D eigenvalue weighted by molar-refractivity contribution is 5.77. The summed E-state index contributed by atoms with van der Waals surface area (Å²) in [5.74, 6) is -0.0856. The average molecular weight is 144 g/mol. The Balaban J connectivity index is 2.57. The average Bonchev–Trinajstić information content (AvgIpc) is 2.33. The van der Waals surface area contributed by atoms with Crippen molar-refractivity contribution in [3.05, 3.63) is 0 Å². The van der Waals surface area contributed by atoms with Crippen molar-refractivity contribution in [3.63, 3.8) is 0 Å². The molecule has 1 heterocycles. The van der Waals surface area contributed by atoms with Crippen LogP contribution < -0.4 is 0 Å². The number of ether oxygens (including phenoxy) is 1. The van der Waals surface area contributed by atoms with Gasteiger partial charge in [-0.25, -0.2) is 4.79 Å². The first-order valence-corrected chi connectivity index (χ1v) is 3.43. The van der Waals surface area contributed by atoms with E-state index in [0.29, 0.717) is 6.04 Å². The summed E-state index contributed by atoms with van der Waals surface area (Å²) in [5.41, 5.74) is 0. The van der Waals surface area contributed by atoms with Crippen LogP contribution in [-0.4, -0.2) is 43.7 Å². The van der Waals surface area contributed by atoms with Gasteiger partial charge in [0.15, 0.2) is 6.04 Å². The standard InChI is InChI=1S/C7H14NO2/c1-5-6(7(9)10-4)8(5,2)3/h5-6H,1-4H3/q+1/t5-,6-/m1/s1. The van der Waals surface area contributed by atoms with Crippen LogP contribution in [-0.2, 0) is 9.53 Å². The third kappa shape index (κ3) is 0.814. The molecule has 0 spiro atoms. The second-order valence-corrected chi connectivity index (χ2v) is 3.34. The summed E-state index contributed by atoms with van der Waals surface area (Å²) in [4.78, 5) is 11.0. The van der Waals surface area contributed by atoms with E-state index in [2.05, 4.69) is 11.7 Å². The number of rotatable bonds is 1. The number of likely N-dealkylation sites (N-methyl/N-ethyl adjacent to an activating group) is 1. The van der Waals surface area contributed by atoms with Crippen molar-refractivity contribution in [3.8, 4) is 0 Å². The number of carbonyl (C=O) groups excluding carboxylic acids is 1. The van der Waals surface area contributed by atoms with Gasteiger partial charge in [0.1, 0.15) is 0 Å². The monoisotopic (exact) mass is 144 g/mol. The number of hydrogen-bond donors (Lipinski definition) is 0. The molecule has 1 fully saturated rings. The molecule has 0 unspecified atom stereocenters. The van der Waals surface area contributed by atoms with Gasteiger partial charge < -0.3 is 9.22 Å². The van der Waals surface area contributed by atoms with Crippen LogP contribution in [0.5, 0.6) is 0 Å². The Morgan fingerprint density at radius 3 is 2.00 bits per heavy atom. The lowest BCUT2D eigenvalue weighted by molar-refractivity contribution is -0.777. The molecule has 0 amide bonds. The summed E-state index contributed by atoms with van der Waals surface area (Å²) in [7, 11) is 5.51. The maximum atomic E-state index is 11.0. The molecule has 0 aromatic carbocycles. The predicted octanol–water partition coefficient (Wildman–Crippen LogP) is 0.00650. The maximum Gasteiger partial charge on any atom is 0.371 e. The number of nitrogens with zero attached hydrogens (tertiary/aromatic N) is 1. The topological polar surface area (TPSA) is 26.3 Å². The summed E-state index contributed by atoms with van der Waals surface area (Å²) in [6.45, 7) is 2.06. The Kier molecular flexibility index (Phi) is 1.47. The first-order chi connectivity index (χ1) is 4.51. The summed E-state index contributed by atoms with van der Waals surface area (Å²) >= 11 is 0. The van der Waals surface area contributed by atoms with Crippen LogP contribution >= 0.6 is 0 Å². The third-order valence-corrected chi connectivity index (χ3v) is 2.58. The lowest BCUT2D eigenvalue weighted by atomic mass is 10.3. The van der Waals surface area contributed by atoms with Crippen molar-refractivity contribution in [2.75, 3.05) is 21.2 Å². The molecule has 0 radical (unpaired) electrons. The van der Waals surface area contributed by atoms with Gasteiger partial charge in [-0.1, -0.05) is 0 Å². The minimum absolute atomic E-state index is 0.0741. The SMILES string of the molecule is COC(=O)[C@H]1[C@@H](C)[N+]1(C)C. The largest absolute Gasteiger partial charge is 0.464 e. The van der Waals surface area contributed by atoms with E-state index in [4.69, 9.17) is 0 Å². The van der Waals surface area contributed by atoms with E-state index in [9.17, 15) is 4.79 Å². The predicted molar refractivity (Wildman–Crippen MR) is 37.4 cm³/mol. The van der Waals surface area contributed by atoms with Crippen LogP contribution in [0.1, 0.15) is 6.92 Å². The van der Waals surface area contributed by atoms with Crippen LogP contribution in [0.2, 0.25) is 0 Å². The Morgan fingerprint density at radius 2 is 1.90 bits per heavy atom. The first kappa shape index (κ1) is 7.54. The molecule has 1 saturated heterocycles. The molecule has 0 aromatic rings. The fourth-order valence-corrected chi connectivity index (χ4v) is 1.37. The molecule has 0 N–H and O–H groups in total. The minimum atomic E-state index is -0.0856. The van der Waals surface area contributed by atoms with Crippen molar-refractivity contribution in [2.45, 2.75) is 19.0 Å². The number of carbonyl (C=O) groups is 1. The molecule has 1 aliphatic heterocycles. The highest BCUT2D eigenvalue weighted by atomic mass is 16.5. The maximum absolute atomic E-state index is 11.0. The van der Waals surface area contributed by atoms with Crippen LogP contribution in [0.3, 0.4) is 0 Å². The van der Waals surface area contributed by atoms with Gasteiger partial charge in [0.2, 0.25) is 6.04 Å². The van der Waals surface area contributed by atoms with Gasteiger partial charge in [0.05, 0.1) is 21.2 Å². The molecule has 0 bridgehead atoms. The highest BCUT2D eigenvalue weighted by Gasteiger charge is 2.62. The fourth-order valence-electron chi connectivity index (χ4n) is 1.37. The van der Waals surface area contributed by atoms with Gasteiger partial charge in [-0.15, -0.1) is 0 Å². The lowest BCUT2D eigenvalue weighted by Gasteiger charge is -2.04. The fraction of sp³-hybridized carbons (Fsp3) is 0.857. The smallest absolute Gasteiger partial charge is 0.371 e. The molecule has 1 rings (SSSR count). The van der Waals surface area contributed by atoms with Gasteiger partial charge >= 0.3 is 5.97 Å².